The Morgan fingerprint density at radius 2 is 1.21 bits per heavy atom. The van der Waals surface area contributed by atoms with Crippen LogP contribution in [0.3, 0.4) is 0 Å². The highest BCUT2D eigenvalue weighted by molar-refractivity contribution is 6.62. The van der Waals surface area contributed by atoms with Crippen LogP contribution in [0.2, 0.25) is 0 Å². The van der Waals surface area contributed by atoms with Crippen molar-refractivity contribution >= 4 is 24.9 Å². The van der Waals surface area contributed by atoms with Crippen LogP contribution in [0, 0.1) is 0 Å². The molecule has 1 fully saturated rings. The van der Waals surface area contributed by atoms with Crippen LogP contribution >= 0.6 is 0 Å². The SMILES string of the molecule is CC1(C)OB(c2ccncc2)OC1(C)C.N.O=C(O)O.O=C(O)O. The molecule has 2 heterocycles. The number of nitrogens with zero attached hydrogens (tertiary/aromatic N) is 1. The molecule has 1 aromatic heterocycles. The summed E-state index contributed by atoms with van der Waals surface area (Å²) in [6.07, 6.45) is -0.166. The summed E-state index contributed by atoms with van der Waals surface area (Å²) in [6, 6.07) is 3.84. The van der Waals surface area contributed by atoms with Crippen LogP contribution in [-0.4, -0.2) is 56.0 Å². The molecule has 0 spiro atoms. The summed E-state index contributed by atoms with van der Waals surface area (Å²) in [5, 5.41) is 27.9. The van der Waals surface area contributed by atoms with Gasteiger partial charge in [0.1, 0.15) is 0 Å². The van der Waals surface area contributed by atoms with Gasteiger partial charge in [-0.2, -0.15) is 0 Å². The fraction of sp³-hybridized carbons (Fsp3) is 0.462. The number of pyridine rings is 1. The molecule has 0 radical (unpaired) electrons. The summed E-state index contributed by atoms with van der Waals surface area (Å²) in [7, 11) is -0.280. The summed E-state index contributed by atoms with van der Waals surface area (Å²) in [6.45, 7) is 8.20. The molecule has 1 aliphatic rings. The van der Waals surface area contributed by atoms with E-state index in [1.165, 1.54) is 0 Å². The second kappa shape index (κ2) is 9.70. The molecule has 24 heavy (non-hydrogen) atoms. The van der Waals surface area contributed by atoms with Gasteiger partial charge in [-0.25, -0.2) is 9.59 Å². The molecule has 10 nitrogen and oxygen atoms in total. The molecular formula is C13H23BN2O8. The quantitative estimate of drug-likeness (QED) is 0.471. The lowest BCUT2D eigenvalue weighted by Crippen LogP contribution is -2.41. The predicted octanol–water partition coefficient (Wildman–Crippen LogP) is 1.99. The first kappa shape index (κ1) is 23.9. The van der Waals surface area contributed by atoms with Crippen molar-refractivity contribution in [2.24, 2.45) is 0 Å². The Bertz CT molecular complexity index is 488. The normalized spacial score (nSPS) is 16.4. The zero-order chi connectivity index (χ0) is 18.3. The second-order valence-corrected chi connectivity index (χ2v) is 5.43. The monoisotopic (exact) mass is 346 g/mol. The van der Waals surface area contributed by atoms with Crippen molar-refractivity contribution in [3.63, 3.8) is 0 Å². The highest BCUT2D eigenvalue weighted by atomic mass is 16.7. The Kier molecular flexibility index (Phi) is 9.66. The third kappa shape index (κ3) is 8.32. The number of rotatable bonds is 1. The van der Waals surface area contributed by atoms with Gasteiger partial charge in [0.05, 0.1) is 11.2 Å². The van der Waals surface area contributed by atoms with Crippen molar-refractivity contribution in [1.29, 1.82) is 0 Å². The summed E-state index contributed by atoms with van der Waals surface area (Å²) in [5.41, 5.74) is 0.464. The first-order chi connectivity index (χ1) is 10.4. The number of carbonyl (C=O) groups is 2. The Morgan fingerprint density at radius 1 is 0.917 bits per heavy atom. The van der Waals surface area contributed by atoms with Crippen LogP contribution < -0.4 is 11.6 Å². The van der Waals surface area contributed by atoms with Gasteiger partial charge in [-0.1, -0.05) is 0 Å². The summed E-state index contributed by atoms with van der Waals surface area (Å²) in [4.78, 5) is 21.1. The Hall–Kier alpha value is -2.37. The van der Waals surface area contributed by atoms with E-state index in [2.05, 4.69) is 4.98 Å². The molecule has 2 rings (SSSR count). The summed E-state index contributed by atoms with van der Waals surface area (Å²) < 4.78 is 11.8. The van der Waals surface area contributed by atoms with Gasteiger partial charge < -0.3 is 35.9 Å². The maximum Gasteiger partial charge on any atom is 0.503 e. The van der Waals surface area contributed by atoms with Gasteiger partial charge in [0, 0.05) is 12.4 Å². The predicted molar refractivity (Wildman–Crippen MR) is 86.3 cm³/mol. The number of aromatic nitrogens is 1. The molecule has 7 N–H and O–H groups in total. The minimum absolute atomic E-state index is 0. The van der Waals surface area contributed by atoms with Gasteiger partial charge in [-0.05, 0) is 45.3 Å². The molecule has 1 aliphatic heterocycles. The summed E-state index contributed by atoms with van der Waals surface area (Å²) in [5.74, 6) is 0. The van der Waals surface area contributed by atoms with Gasteiger partial charge in [0.15, 0.2) is 0 Å². The average Bonchev–Trinajstić information content (AvgIpc) is 2.58. The van der Waals surface area contributed by atoms with Crippen LogP contribution in [0.25, 0.3) is 0 Å². The molecule has 0 unspecified atom stereocenters. The molecule has 0 atom stereocenters. The van der Waals surface area contributed by atoms with Crippen LogP contribution in [0.15, 0.2) is 24.5 Å². The highest BCUT2D eigenvalue weighted by Crippen LogP contribution is 2.36. The van der Waals surface area contributed by atoms with Crippen LogP contribution in [0.5, 0.6) is 0 Å². The molecule has 136 valence electrons. The standard InChI is InChI=1S/C11H16BNO2.2CH2O3.H3N/c1-10(2)11(3,4)15-12(14-10)9-5-7-13-8-6-9;2*2-1(3)4;/h5-8H,1-4H3;2*(H2,2,3,4);1H3. The van der Waals surface area contributed by atoms with E-state index in [0.29, 0.717) is 0 Å². The Labute approximate surface area is 139 Å². The highest BCUT2D eigenvalue weighted by Gasteiger charge is 2.51. The average molecular weight is 346 g/mol. The van der Waals surface area contributed by atoms with Crippen molar-refractivity contribution in [3.05, 3.63) is 24.5 Å². The summed E-state index contributed by atoms with van der Waals surface area (Å²) >= 11 is 0. The zero-order valence-electron chi connectivity index (χ0n) is 14.0. The fourth-order valence-corrected chi connectivity index (χ4v) is 1.50. The van der Waals surface area contributed by atoms with E-state index in [1.54, 1.807) is 12.4 Å². The van der Waals surface area contributed by atoms with Gasteiger partial charge >= 0.3 is 19.4 Å². The smallest absolute Gasteiger partial charge is 0.450 e. The first-order valence-corrected chi connectivity index (χ1v) is 6.48. The maximum absolute atomic E-state index is 8.56. The van der Waals surface area contributed by atoms with Crippen molar-refractivity contribution in [2.45, 2.75) is 38.9 Å². The topological polar surface area (TPSA) is 181 Å². The zero-order valence-corrected chi connectivity index (χ0v) is 14.0. The fourth-order valence-electron chi connectivity index (χ4n) is 1.50. The van der Waals surface area contributed by atoms with Crippen molar-refractivity contribution < 1.29 is 39.3 Å². The molecule has 0 amide bonds. The van der Waals surface area contributed by atoms with Crippen molar-refractivity contribution in [1.82, 2.24) is 11.1 Å². The van der Waals surface area contributed by atoms with Gasteiger partial charge in [-0.3, -0.25) is 4.98 Å². The van der Waals surface area contributed by atoms with Gasteiger partial charge in [-0.15, -0.1) is 0 Å². The number of hydrogen-bond donors (Lipinski definition) is 5. The molecule has 1 aromatic rings. The second-order valence-electron chi connectivity index (χ2n) is 5.43. The van der Waals surface area contributed by atoms with Gasteiger partial charge in [0.2, 0.25) is 0 Å². The lowest BCUT2D eigenvalue weighted by atomic mass is 9.80. The largest absolute Gasteiger partial charge is 0.503 e. The molecule has 0 saturated carbocycles. The van der Waals surface area contributed by atoms with Crippen LogP contribution in [-0.2, 0) is 9.31 Å². The van der Waals surface area contributed by atoms with E-state index >= 15 is 0 Å². The third-order valence-corrected chi connectivity index (χ3v) is 3.23. The number of carboxylic acid groups (broad SMARTS) is 4. The molecule has 0 aromatic carbocycles. The van der Waals surface area contributed by atoms with Gasteiger partial charge in [0.25, 0.3) is 0 Å². The van der Waals surface area contributed by atoms with Crippen molar-refractivity contribution in [2.75, 3.05) is 0 Å². The lowest BCUT2D eigenvalue weighted by molar-refractivity contribution is 0.00578. The Morgan fingerprint density at radius 3 is 1.50 bits per heavy atom. The van der Waals surface area contributed by atoms with Crippen LogP contribution in [0.4, 0.5) is 9.59 Å². The molecule has 1 saturated heterocycles. The van der Waals surface area contributed by atoms with E-state index in [-0.39, 0.29) is 24.5 Å². The third-order valence-electron chi connectivity index (χ3n) is 3.23. The Balaban J connectivity index is 0. The maximum atomic E-state index is 8.56. The molecule has 11 heteroatoms. The molecular weight excluding hydrogens is 323 g/mol. The number of hydrogen-bond acceptors (Lipinski definition) is 6. The van der Waals surface area contributed by atoms with E-state index < -0.39 is 12.3 Å². The van der Waals surface area contributed by atoms with Crippen molar-refractivity contribution in [3.8, 4) is 0 Å². The molecule has 0 aliphatic carbocycles. The van der Waals surface area contributed by atoms with E-state index in [9.17, 15) is 0 Å². The lowest BCUT2D eigenvalue weighted by Gasteiger charge is -2.32. The minimum Gasteiger partial charge on any atom is -0.450 e. The molecule has 0 bridgehead atoms. The van der Waals surface area contributed by atoms with Crippen LogP contribution in [0.1, 0.15) is 27.7 Å². The van der Waals surface area contributed by atoms with E-state index in [4.69, 9.17) is 39.3 Å². The first-order valence-electron chi connectivity index (χ1n) is 6.48. The van der Waals surface area contributed by atoms with E-state index in [0.717, 1.165) is 5.46 Å². The van der Waals surface area contributed by atoms with E-state index in [1.807, 2.05) is 39.8 Å². The minimum atomic E-state index is -1.83.